The van der Waals surface area contributed by atoms with E-state index >= 15 is 0 Å². The Bertz CT molecular complexity index is 1220. The molecule has 0 unspecified atom stereocenters. The van der Waals surface area contributed by atoms with Crippen LogP contribution in [0.3, 0.4) is 0 Å². The van der Waals surface area contributed by atoms with E-state index in [1.165, 1.54) is 0 Å². The van der Waals surface area contributed by atoms with Gasteiger partial charge in [-0.2, -0.15) is 4.98 Å². The van der Waals surface area contributed by atoms with E-state index in [0.29, 0.717) is 39.7 Å². The minimum absolute atomic E-state index is 0.372. The predicted molar refractivity (Wildman–Crippen MR) is 119 cm³/mol. The molecule has 31 heavy (non-hydrogen) atoms. The molecule has 4 aromatic rings. The third kappa shape index (κ3) is 5.18. The Balaban J connectivity index is 1.42. The number of ether oxygens (including phenoxy) is 1. The first-order valence-corrected chi connectivity index (χ1v) is 9.81. The molecule has 0 radical (unpaired) electrons. The van der Waals surface area contributed by atoms with Gasteiger partial charge in [0.1, 0.15) is 23.2 Å². The highest BCUT2D eigenvalue weighted by atomic mass is 35.5. The van der Waals surface area contributed by atoms with Crippen molar-refractivity contribution in [2.75, 3.05) is 10.6 Å². The molecule has 0 aliphatic carbocycles. The van der Waals surface area contributed by atoms with Crippen molar-refractivity contribution in [3.8, 4) is 17.4 Å². The lowest BCUT2D eigenvalue weighted by Gasteiger charge is -2.11. The van der Waals surface area contributed by atoms with Crippen LogP contribution in [0.15, 0.2) is 67.0 Å². The number of nitrogens with zero attached hydrogens (tertiary/aromatic N) is 4. The second kappa shape index (κ2) is 8.85. The van der Waals surface area contributed by atoms with Gasteiger partial charge in [0.2, 0.25) is 5.88 Å². The van der Waals surface area contributed by atoms with Crippen molar-refractivity contribution in [3.63, 3.8) is 0 Å². The molecule has 0 aliphatic heterocycles. The van der Waals surface area contributed by atoms with Crippen LogP contribution in [0, 0.1) is 13.8 Å². The van der Waals surface area contributed by atoms with Crippen molar-refractivity contribution < 1.29 is 9.53 Å². The number of carbonyl (C=O) groups is 1. The summed E-state index contributed by atoms with van der Waals surface area (Å²) in [5.41, 5.74) is 1.22. The number of halogens is 1. The fraction of sp³-hybridized carbons (Fsp3) is 0.0909. The van der Waals surface area contributed by atoms with Crippen LogP contribution in [-0.2, 0) is 0 Å². The molecule has 0 saturated heterocycles. The van der Waals surface area contributed by atoms with E-state index in [1.54, 1.807) is 67.7 Å². The molecule has 4 rings (SSSR count). The third-order valence-electron chi connectivity index (χ3n) is 4.29. The number of nitrogens with one attached hydrogen (secondary N) is 2. The maximum Gasteiger partial charge on any atom is 0.323 e. The third-order valence-corrected chi connectivity index (χ3v) is 4.53. The highest BCUT2D eigenvalue weighted by molar-refractivity contribution is 6.30. The highest BCUT2D eigenvalue weighted by Crippen LogP contribution is 2.24. The lowest BCUT2D eigenvalue weighted by molar-refractivity contribution is 0.262. The summed E-state index contributed by atoms with van der Waals surface area (Å²) in [5, 5.41) is 6.03. The van der Waals surface area contributed by atoms with Crippen molar-refractivity contribution in [2.45, 2.75) is 13.8 Å². The van der Waals surface area contributed by atoms with Crippen molar-refractivity contribution in [3.05, 3.63) is 83.7 Å². The Hall–Kier alpha value is -3.91. The molecule has 156 valence electrons. The van der Waals surface area contributed by atoms with Crippen molar-refractivity contribution in [1.82, 2.24) is 19.5 Å². The molecule has 2 aromatic carbocycles. The zero-order valence-electron chi connectivity index (χ0n) is 16.8. The Morgan fingerprint density at radius 3 is 2.48 bits per heavy atom. The summed E-state index contributed by atoms with van der Waals surface area (Å²) in [6.45, 7) is 3.69. The summed E-state index contributed by atoms with van der Waals surface area (Å²) in [7, 11) is 0. The molecule has 2 aromatic heterocycles. The van der Waals surface area contributed by atoms with Crippen molar-refractivity contribution in [2.24, 2.45) is 0 Å². The number of amides is 2. The van der Waals surface area contributed by atoms with Crippen LogP contribution in [0.1, 0.15) is 11.6 Å². The van der Waals surface area contributed by atoms with Gasteiger partial charge in [0.15, 0.2) is 0 Å². The molecule has 0 aliphatic rings. The lowest BCUT2D eigenvalue weighted by atomic mass is 10.3. The summed E-state index contributed by atoms with van der Waals surface area (Å²) in [6, 6.07) is 15.3. The van der Waals surface area contributed by atoms with E-state index < -0.39 is 0 Å². The second-order valence-electron chi connectivity index (χ2n) is 6.67. The molecule has 2 heterocycles. The van der Waals surface area contributed by atoms with E-state index in [2.05, 4.69) is 25.6 Å². The lowest BCUT2D eigenvalue weighted by Crippen LogP contribution is -2.19. The number of hydrogen-bond acceptors (Lipinski definition) is 5. The fourth-order valence-corrected chi connectivity index (χ4v) is 3.10. The molecule has 0 atom stereocenters. The minimum atomic E-state index is -0.372. The van der Waals surface area contributed by atoms with Crippen LogP contribution in [0.5, 0.6) is 11.6 Å². The zero-order valence-corrected chi connectivity index (χ0v) is 17.6. The normalized spacial score (nSPS) is 10.5. The van der Waals surface area contributed by atoms with Gasteiger partial charge in [0, 0.05) is 34.9 Å². The van der Waals surface area contributed by atoms with E-state index in [4.69, 9.17) is 16.3 Å². The number of anilines is 2. The summed E-state index contributed by atoms with van der Waals surface area (Å²) in [6.07, 6.45) is 3.54. The van der Waals surface area contributed by atoms with E-state index in [1.807, 2.05) is 17.7 Å². The number of imidazole rings is 1. The zero-order chi connectivity index (χ0) is 21.8. The van der Waals surface area contributed by atoms with Crippen molar-refractivity contribution in [1.29, 1.82) is 0 Å². The van der Waals surface area contributed by atoms with Gasteiger partial charge in [0.05, 0.1) is 0 Å². The van der Waals surface area contributed by atoms with E-state index in [-0.39, 0.29) is 6.03 Å². The molecule has 2 amide bonds. The maximum atomic E-state index is 12.2. The number of aryl methyl sites for hydroxylation is 2. The summed E-state index contributed by atoms with van der Waals surface area (Å²) in [4.78, 5) is 25.1. The molecule has 2 N–H and O–H groups in total. The van der Waals surface area contributed by atoms with Crippen LogP contribution in [0.4, 0.5) is 16.2 Å². The Morgan fingerprint density at radius 1 is 1.00 bits per heavy atom. The van der Waals surface area contributed by atoms with E-state index in [9.17, 15) is 4.79 Å². The molecular formula is C22H19ClN6O2. The van der Waals surface area contributed by atoms with Crippen LogP contribution in [0.2, 0.25) is 5.02 Å². The van der Waals surface area contributed by atoms with Gasteiger partial charge in [0.25, 0.3) is 0 Å². The largest absolute Gasteiger partial charge is 0.439 e. The van der Waals surface area contributed by atoms with Crippen molar-refractivity contribution >= 4 is 29.0 Å². The molecule has 0 saturated carbocycles. The Kier molecular flexibility index (Phi) is 5.81. The number of hydrogen-bond donors (Lipinski definition) is 2. The first-order chi connectivity index (χ1) is 15.0. The molecular weight excluding hydrogens is 416 g/mol. The summed E-state index contributed by atoms with van der Waals surface area (Å²) < 4.78 is 7.73. The average molecular weight is 435 g/mol. The number of carbonyl (C=O) groups excluding carboxylic acids is 1. The number of benzene rings is 2. The minimum Gasteiger partial charge on any atom is -0.439 e. The smallest absolute Gasteiger partial charge is 0.323 e. The fourth-order valence-electron chi connectivity index (χ4n) is 2.91. The topological polar surface area (TPSA) is 94.0 Å². The van der Waals surface area contributed by atoms with Gasteiger partial charge in [-0.3, -0.25) is 4.57 Å². The van der Waals surface area contributed by atoms with Crippen LogP contribution < -0.4 is 15.4 Å². The molecule has 0 spiro atoms. The van der Waals surface area contributed by atoms with Gasteiger partial charge < -0.3 is 15.4 Å². The predicted octanol–water partition coefficient (Wildman–Crippen LogP) is 5.37. The Morgan fingerprint density at radius 2 is 1.77 bits per heavy atom. The van der Waals surface area contributed by atoms with Gasteiger partial charge >= 0.3 is 6.03 Å². The standard InChI is InChI=1S/C22H19ClN6O2/c1-14-25-20(29-11-10-24-15(29)2)13-21(26-14)31-19-8-6-17(7-9-19)27-22(30)28-18-5-3-4-16(23)12-18/h3-13H,1-2H3,(H2,27,28,30). The molecule has 9 heteroatoms. The maximum absolute atomic E-state index is 12.2. The highest BCUT2D eigenvalue weighted by Gasteiger charge is 2.09. The van der Waals surface area contributed by atoms with Gasteiger partial charge in [-0.1, -0.05) is 17.7 Å². The average Bonchev–Trinajstić information content (AvgIpc) is 3.15. The van der Waals surface area contributed by atoms with Crippen LogP contribution in [0.25, 0.3) is 5.82 Å². The van der Waals surface area contributed by atoms with Crippen LogP contribution >= 0.6 is 11.6 Å². The number of urea groups is 1. The number of aromatic nitrogens is 4. The monoisotopic (exact) mass is 434 g/mol. The Labute approximate surface area is 183 Å². The summed E-state index contributed by atoms with van der Waals surface area (Å²) in [5.74, 6) is 3.06. The first-order valence-electron chi connectivity index (χ1n) is 9.44. The second-order valence-corrected chi connectivity index (χ2v) is 7.11. The van der Waals surface area contributed by atoms with Crippen LogP contribution in [-0.4, -0.2) is 25.6 Å². The molecule has 0 fully saturated rings. The number of rotatable bonds is 5. The quantitative estimate of drug-likeness (QED) is 0.440. The van der Waals surface area contributed by atoms with Gasteiger partial charge in [-0.15, -0.1) is 0 Å². The van der Waals surface area contributed by atoms with E-state index in [0.717, 1.165) is 5.82 Å². The summed E-state index contributed by atoms with van der Waals surface area (Å²) >= 11 is 5.93. The van der Waals surface area contributed by atoms with Gasteiger partial charge in [-0.05, 0) is 56.3 Å². The SMILES string of the molecule is Cc1nc(Oc2ccc(NC(=O)Nc3cccc(Cl)c3)cc2)cc(-n2ccnc2C)n1. The molecule has 0 bridgehead atoms. The van der Waals surface area contributed by atoms with Gasteiger partial charge in [-0.25, -0.2) is 14.8 Å². The first kappa shape index (κ1) is 20.4. The molecule has 8 nitrogen and oxygen atoms in total.